The second-order valence-electron chi connectivity index (χ2n) is 7.14. The first-order valence-corrected chi connectivity index (χ1v) is 9.72. The van der Waals surface area contributed by atoms with Crippen molar-refractivity contribution in [1.82, 2.24) is 10.2 Å². The number of carbonyl (C=O) groups is 1. The largest absolute Gasteiger partial charge is 0.497 e. The summed E-state index contributed by atoms with van der Waals surface area (Å²) in [7, 11) is 1.67. The summed E-state index contributed by atoms with van der Waals surface area (Å²) in [6, 6.07) is 15.9. The van der Waals surface area contributed by atoms with Crippen molar-refractivity contribution in [3.8, 4) is 11.5 Å². The van der Waals surface area contributed by atoms with Crippen molar-refractivity contribution >= 4 is 11.7 Å². The van der Waals surface area contributed by atoms with Gasteiger partial charge in [-0.1, -0.05) is 12.1 Å². The van der Waals surface area contributed by atoms with Crippen molar-refractivity contribution in [2.45, 2.75) is 26.5 Å². The number of nitrogens with zero attached hydrogens (tertiary/aromatic N) is 2. The Hall–Kier alpha value is -2.89. The molecule has 1 heterocycles. The minimum atomic E-state index is -0.0168. The number of ether oxygens (including phenoxy) is 2. The number of piperazine rings is 1. The Bertz CT molecular complexity index is 752. The van der Waals surface area contributed by atoms with E-state index >= 15 is 0 Å². The zero-order valence-electron chi connectivity index (χ0n) is 16.9. The molecule has 0 atom stereocenters. The summed E-state index contributed by atoms with van der Waals surface area (Å²) < 4.78 is 10.8. The van der Waals surface area contributed by atoms with E-state index in [9.17, 15) is 4.79 Å². The molecule has 1 fully saturated rings. The maximum absolute atomic E-state index is 12.5. The van der Waals surface area contributed by atoms with Crippen LogP contribution >= 0.6 is 0 Å². The number of amides is 2. The summed E-state index contributed by atoms with van der Waals surface area (Å²) in [5.41, 5.74) is 2.21. The molecule has 6 heteroatoms. The quantitative estimate of drug-likeness (QED) is 0.829. The molecule has 6 nitrogen and oxygen atoms in total. The average molecular weight is 383 g/mol. The summed E-state index contributed by atoms with van der Waals surface area (Å²) in [5, 5.41) is 3.01. The predicted molar refractivity (Wildman–Crippen MR) is 111 cm³/mol. The third-order valence-electron chi connectivity index (χ3n) is 4.74. The van der Waals surface area contributed by atoms with Crippen LogP contribution in [0.15, 0.2) is 48.5 Å². The van der Waals surface area contributed by atoms with Crippen molar-refractivity contribution < 1.29 is 14.3 Å². The molecule has 2 aromatic carbocycles. The van der Waals surface area contributed by atoms with Gasteiger partial charge in [0.1, 0.15) is 11.5 Å². The van der Waals surface area contributed by atoms with Crippen LogP contribution in [0.3, 0.4) is 0 Å². The Kier molecular flexibility index (Phi) is 6.63. The zero-order chi connectivity index (χ0) is 19.9. The van der Waals surface area contributed by atoms with E-state index in [2.05, 4.69) is 22.3 Å². The highest BCUT2D eigenvalue weighted by Crippen LogP contribution is 2.20. The molecular formula is C22H29N3O3. The number of anilines is 1. The van der Waals surface area contributed by atoms with Crippen LogP contribution in [0.25, 0.3) is 0 Å². The molecule has 0 aromatic heterocycles. The number of methoxy groups -OCH3 is 1. The molecule has 0 unspecified atom stereocenters. The Morgan fingerprint density at radius 2 is 1.57 bits per heavy atom. The molecule has 1 aliphatic heterocycles. The lowest BCUT2D eigenvalue weighted by molar-refractivity contribution is 0.194. The van der Waals surface area contributed by atoms with Gasteiger partial charge in [-0.3, -0.25) is 0 Å². The maximum atomic E-state index is 12.5. The van der Waals surface area contributed by atoms with Gasteiger partial charge >= 0.3 is 6.03 Å². The molecule has 3 rings (SSSR count). The van der Waals surface area contributed by atoms with E-state index < -0.39 is 0 Å². The molecule has 2 amide bonds. The molecule has 0 aliphatic carbocycles. The molecule has 1 saturated heterocycles. The van der Waals surface area contributed by atoms with Gasteiger partial charge < -0.3 is 24.6 Å². The van der Waals surface area contributed by atoms with Crippen LogP contribution in [0.2, 0.25) is 0 Å². The number of rotatable bonds is 6. The number of nitrogens with one attached hydrogen (secondary N) is 1. The van der Waals surface area contributed by atoms with Crippen LogP contribution in [-0.4, -0.2) is 50.3 Å². The molecule has 1 N–H and O–H groups in total. The lowest BCUT2D eigenvalue weighted by Gasteiger charge is -2.36. The first-order valence-electron chi connectivity index (χ1n) is 9.72. The molecule has 0 saturated carbocycles. The monoisotopic (exact) mass is 383 g/mol. The standard InChI is InChI=1S/C22H29N3O3/c1-17(2)28-21-8-4-18(5-9-21)16-23-22(26)25-14-12-24(13-15-25)19-6-10-20(27-3)11-7-19/h4-11,17H,12-16H2,1-3H3,(H,23,26). The van der Waals surface area contributed by atoms with Gasteiger partial charge in [0.05, 0.1) is 13.2 Å². The first-order chi connectivity index (χ1) is 13.5. The van der Waals surface area contributed by atoms with Gasteiger partial charge in [0.15, 0.2) is 0 Å². The number of benzene rings is 2. The molecule has 2 aromatic rings. The minimum Gasteiger partial charge on any atom is -0.497 e. The number of hydrogen-bond donors (Lipinski definition) is 1. The topological polar surface area (TPSA) is 54.0 Å². The first kappa shape index (κ1) is 19.9. The van der Waals surface area contributed by atoms with Crippen LogP contribution in [0.1, 0.15) is 19.4 Å². The predicted octanol–water partition coefficient (Wildman–Crippen LogP) is 3.51. The summed E-state index contributed by atoms with van der Waals surface area (Å²) in [6.45, 7) is 7.57. The molecule has 0 radical (unpaired) electrons. The highest BCUT2D eigenvalue weighted by atomic mass is 16.5. The van der Waals surface area contributed by atoms with E-state index in [1.807, 2.05) is 55.1 Å². The Morgan fingerprint density at radius 3 is 2.14 bits per heavy atom. The Balaban J connectivity index is 1.44. The lowest BCUT2D eigenvalue weighted by atomic mass is 10.2. The second-order valence-corrected chi connectivity index (χ2v) is 7.14. The fourth-order valence-electron chi connectivity index (χ4n) is 3.21. The average Bonchev–Trinajstić information content (AvgIpc) is 2.73. The highest BCUT2D eigenvalue weighted by Gasteiger charge is 2.21. The molecular weight excluding hydrogens is 354 g/mol. The third-order valence-corrected chi connectivity index (χ3v) is 4.74. The highest BCUT2D eigenvalue weighted by molar-refractivity contribution is 5.74. The summed E-state index contributed by atoms with van der Waals surface area (Å²) >= 11 is 0. The van der Waals surface area contributed by atoms with E-state index in [0.29, 0.717) is 19.6 Å². The van der Waals surface area contributed by atoms with E-state index in [1.54, 1.807) is 7.11 Å². The maximum Gasteiger partial charge on any atom is 0.317 e. The van der Waals surface area contributed by atoms with Gasteiger partial charge in [0.2, 0.25) is 0 Å². The van der Waals surface area contributed by atoms with Crippen LogP contribution in [0, 0.1) is 0 Å². The lowest BCUT2D eigenvalue weighted by Crippen LogP contribution is -2.51. The number of carbonyl (C=O) groups excluding carboxylic acids is 1. The van der Waals surface area contributed by atoms with E-state index in [0.717, 1.165) is 35.8 Å². The van der Waals surface area contributed by atoms with Gasteiger partial charge in [-0.15, -0.1) is 0 Å². The van der Waals surface area contributed by atoms with Gasteiger partial charge in [0, 0.05) is 38.4 Å². The van der Waals surface area contributed by atoms with Crippen LogP contribution in [0.4, 0.5) is 10.5 Å². The summed E-state index contributed by atoms with van der Waals surface area (Å²) in [4.78, 5) is 16.6. The van der Waals surface area contributed by atoms with E-state index in [-0.39, 0.29) is 12.1 Å². The van der Waals surface area contributed by atoms with E-state index in [1.165, 1.54) is 0 Å². The molecule has 1 aliphatic rings. The van der Waals surface area contributed by atoms with Crippen molar-refractivity contribution in [2.75, 3.05) is 38.2 Å². The molecule has 0 spiro atoms. The SMILES string of the molecule is COc1ccc(N2CCN(C(=O)NCc3ccc(OC(C)C)cc3)CC2)cc1. The normalized spacial score (nSPS) is 14.1. The summed E-state index contributed by atoms with van der Waals surface area (Å²) in [5.74, 6) is 1.70. The van der Waals surface area contributed by atoms with Gasteiger partial charge in [0.25, 0.3) is 0 Å². The summed E-state index contributed by atoms with van der Waals surface area (Å²) in [6.07, 6.45) is 0.155. The van der Waals surface area contributed by atoms with Crippen LogP contribution in [-0.2, 0) is 6.54 Å². The number of urea groups is 1. The third kappa shape index (κ3) is 5.31. The Morgan fingerprint density at radius 1 is 0.964 bits per heavy atom. The smallest absolute Gasteiger partial charge is 0.317 e. The molecule has 150 valence electrons. The van der Waals surface area contributed by atoms with Crippen LogP contribution in [0.5, 0.6) is 11.5 Å². The van der Waals surface area contributed by atoms with Crippen molar-refractivity contribution in [3.63, 3.8) is 0 Å². The fourth-order valence-corrected chi connectivity index (χ4v) is 3.21. The van der Waals surface area contributed by atoms with E-state index in [4.69, 9.17) is 9.47 Å². The Labute approximate surface area is 167 Å². The van der Waals surface area contributed by atoms with Crippen molar-refractivity contribution in [2.24, 2.45) is 0 Å². The molecule has 28 heavy (non-hydrogen) atoms. The number of hydrogen-bond acceptors (Lipinski definition) is 4. The van der Waals surface area contributed by atoms with Crippen molar-refractivity contribution in [1.29, 1.82) is 0 Å². The minimum absolute atomic E-state index is 0.0168. The second kappa shape index (κ2) is 9.35. The van der Waals surface area contributed by atoms with Gasteiger partial charge in [-0.05, 0) is 55.8 Å². The fraction of sp³-hybridized carbons (Fsp3) is 0.409. The van der Waals surface area contributed by atoms with Gasteiger partial charge in [-0.2, -0.15) is 0 Å². The van der Waals surface area contributed by atoms with Crippen molar-refractivity contribution in [3.05, 3.63) is 54.1 Å². The zero-order valence-corrected chi connectivity index (χ0v) is 16.9. The van der Waals surface area contributed by atoms with Gasteiger partial charge in [-0.25, -0.2) is 4.79 Å². The van der Waals surface area contributed by atoms with Crippen LogP contribution < -0.4 is 19.7 Å². The molecule has 0 bridgehead atoms.